The van der Waals surface area contributed by atoms with Gasteiger partial charge in [-0.2, -0.15) is 18.4 Å². The molecule has 0 spiro atoms. The van der Waals surface area contributed by atoms with Gasteiger partial charge in [0.25, 0.3) is 0 Å². The minimum absolute atomic E-state index is 0.361. The van der Waals surface area contributed by atoms with Gasteiger partial charge in [0.1, 0.15) is 5.54 Å². The van der Waals surface area contributed by atoms with Gasteiger partial charge in [0.15, 0.2) is 0 Å². The molecule has 0 heterocycles. The van der Waals surface area contributed by atoms with Crippen LogP contribution in [0, 0.1) is 11.3 Å². The van der Waals surface area contributed by atoms with Gasteiger partial charge in [-0.25, -0.2) is 0 Å². The first-order valence-corrected chi connectivity index (χ1v) is 6.07. The molecule has 0 aromatic carbocycles. The predicted octanol–water partition coefficient (Wildman–Crippen LogP) is 3.02. The van der Waals surface area contributed by atoms with Crippen molar-refractivity contribution in [2.24, 2.45) is 0 Å². The SMILES string of the molecule is CCCNC(C)(C#N)CC(C)OCCC(F)(F)F. The summed E-state index contributed by atoms with van der Waals surface area (Å²) in [4.78, 5) is 0. The second-order valence-electron chi connectivity index (χ2n) is 4.62. The first kappa shape index (κ1) is 17.2. The fourth-order valence-electron chi connectivity index (χ4n) is 1.57. The smallest absolute Gasteiger partial charge is 0.378 e. The summed E-state index contributed by atoms with van der Waals surface area (Å²) in [7, 11) is 0. The molecule has 2 atom stereocenters. The summed E-state index contributed by atoms with van der Waals surface area (Å²) in [5.74, 6) is 0. The lowest BCUT2D eigenvalue weighted by Crippen LogP contribution is -2.44. The van der Waals surface area contributed by atoms with E-state index in [9.17, 15) is 13.2 Å². The Balaban J connectivity index is 4.04. The van der Waals surface area contributed by atoms with E-state index in [2.05, 4.69) is 11.4 Å². The van der Waals surface area contributed by atoms with Gasteiger partial charge < -0.3 is 4.74 Å². The van der Waals surface area contributed by atoms with E-state index in [1.54, 1.807) is 13.8 Å². The maximum Gasteiger partial charge on any atom is 0.391 e. The zero-order valence-corrected chi connectivity index (χ0v) is 11.1. The Kier molecular flexibility index (Phi) is 7.26. The maximum absolute atomic E-state index is 11.9. The predicted molar refractivity (Wildman–Crippen MR) is 63.0 cm³/mol. The van der Waals surface area contributed by atoms with E-state index in [-0.39, 0.29) is 12.7 Å². The van der Waals surface area contributed by atoms with Crippen LogP contribution in [0.2, 0.25) is 0 Å². The molecule has 0 aromatic rings. The van der Waals surface area contributed by atoms with Crippen molar-refractivity contribution in [2.75, 3.05) is 13.2 Å². The lowest BCUT2D eigenvalue weighted by molar-refractivity contribution is -0.148. The molecular weight excluding hydrogens is 245 g/mol. The number of ether oxygens (including phenoxy) is 1. The number of nitriles is 1. The largest absolute Gasteiger partial charge is 0.391 e. The van der Waals surface area contributed by atoms with Crippen LogP contribution in [-0.4, -0.2) is 31.0 Å². The van der Waals surface area contributed by atoms with Crippen LogP contribution < -0.4 is 5.32 Å². The molecule has 0 aliphatic carbocycles. The summed E-state index contributed by atoms with van der Waals surface area (Å²) in [6.45, 7) is 5.72. The van der Waals surface area contributed by atoms with Crippen molar-refractivity contribution in [2.45, 2.75) is 57.9 Å². The number of hydrogen-bond acceptors (Lipinski definition) is 3. The average molecular weight is 266 g/mol. The zero-order valence-electron chi connectivity index (χ0n) is 11.1. The van der Waals surface area contributed by atoms with Crippen molar-refractivity contribution in [3.8, 4) is 6.07 Å². The normalized spacial score (nSPS) is 16.9. The Morgan fingerprint density at radius 2 is 2.00 bits per heavy atom. The second-order valence-corrected chi connectivity index (χ2v) is 4.62. The highest BCUT2D eigenvalue weighted by atomic mass is 19.4. The van der Waals surface area contributed by atoms with Crippen LogP contribution in [-0.2, 0) is 4.74 Å². The molecule has 0 aliphatic heterocycles. The van der Waals surface area contributed by atoms with Gasteiger partial charge in [-0.3, -0.25) is 5.32 Å². The molecule has 18 heavy (non-hydrogen) atoms. The lowest BCUT2D eigenvalue weighted by Gasteiger charge is -2.26. The number of alkyl halides is 3. The van der Waals surface area contributed by atoms with Gasteiger partial charge in [-0.1, -0.05) is 6.92 Å². The van der Waals surface area contributed by atoms with Gasteiger partial charge in [-0.05, 0) is 26.8 Å². The molecule has 0 saturated heterocycles. The van der Waals surface area contributed by atoms with Gasteiger partial charge >= 0.3 is 6.18 Å². The molecule has 0 aromatic heterocycles. The molecule has 0 amide bonds. The third-order valence-corrected chi connectivity index (χ3v) is 2.50. The van der Waals surface area contributed by atoms with E-state index in [0.29, 0.717) is 13.0 Å². The van der Waals surface area contributed by atoms with Crippen LogP contribution >= 0.6 is 0 Å². The highest BCUT2D eigenvalue weighted by Crippen LogP contribution is 2.20. The Bertz CT molecular complexity index is 275. The summed E-state index contributed by atoms with van der Waals surface area (Å²) in [5, 5.41) is 12.1. The van der Waals surface area contributed by atoms with Crippen molar-refractivity contribution in [1.29, 1.82) is 5.26 Å². The Morgan fingerprint density at radius 3 is 2.44 bits per heavy atom. The number of nitrogens with zero attached hydrogens (tertiary/aromatic N) is 1. The van der Waals surface area contributed by atoms with Crippen molar-refractivity contribution in [3.05, 3.63) is 0 Å². The fraction of sp³-hybridized carbons (Fsp3) is 0.917. The summed E-state index contributed by atoms with van der Waals surface area (Å²) < 4.78 is 40.9. The Hall–Kier alpha value is -0.800. The molecular formula is C12H21F3N2O. The van der Waals surface area contributed by atoms with Gasteiger partial charge in [0.2, 0.25) is 0 Å². The van der Waals surface area contributed by atoms with Gasteiger partial charge in [-0.15, -0.1) is 0 Å². The van der Waals surface area contributed by atoms with Crippen LogP contribution in [0.1, 0.15) is 40.0 Å². The van der Waals surface area contributed by atoms with Crippen molar-refractivity contribution in [1.82, 2.24) is 5.32 Å². The quantitative estimate of drug-likeness (QED) is 0.734. The van der Waals surface area contributed by atoms with Crippen molar-refractivity contribution in [3.63, 3.8) is 0 Å². The van der Waals surface area contributed by atoms with Crippen LogP contribution in [0.3, 0.4) is 0 Å². The molecule has 0 saturated carbocycles. The lowest BCUT2D eigenvalue weighted by atomic mass is 9.96. The van der Waals surface area contributed by atoms with Crippen LogP contribution in [0.15, 0.2) is 0 Å². The van der Waals surface area contributed by atoms with Crippen LogP contribution in [0.5, 0.6) is 0 Å². The van der Waals surface area contributed by atoms with Crippen molar-refractivity contribution < 1.29 is 17.9 Å². The van der Waals surface area contributed by atoms with E-state index in [0.717, 1.165) is 6.42 Å². The molecule has 0 radical (unpaired) electrons. The molecule has 0 aliphatic rings. The Labute approximate surface area is 106 Å². The molecule has 0 fully saturated rings. The number of nitrogens with one attached hydrogen (secondary N) is 1. The highest BCUT2D eigenvalue weighted by Gasteiger charge is 2.29. The van der Waals surface area contributed by atoms with E-state index >= 15 is 0 Å². The first-order valence-electron chi connectivity index (χ1n) is 6.07. The number of halogens is 3. The third kappa shape index (κ3) is 8.31. The van der Waals surface area contributed by atoms with E-state index in [1.807, 2.05) is 6.92 Å². The maximum atomic E-state index is 11.9. The number of rotatable bonds is 8. The van der Waals surface area contributed by atoms with Crippen LogP contribution in [0.4, 0.5) is 13.2 Å². The van der Waals surface area contributed by atoms with E-state index < -0.39 is 18.1 Å². The minimum atomic E-state index is -4.20. The molecule has 0 bridgehead atoms. The minimum Gasteiger partial charge on any atom is -0.378 e. The van der Waals surface area contributed by atoms with Crippen LogP contribution in [0.25, 0.3) is 0 Å². The topological polar surface area (TPSA) is 45.0 Å². The zero-order chi connectivity index (χ0) is 14.2. The molecule has 106 valence electrons. The van der Waals surface area contributed by atoms with E-state index in [1.165, 1.54) is 0 Å². The van der Waals surface area contributed by atoms with E-state index in [4.69, 9.17) is 10.00 Å². The summed E-state index contributed by atoms with van der Waals surface area (Å²) in [6.07, 6.45) is -4.29. The third-order valence-electron chi connectivity index (χ3n) is 2.50. The van der Waals surface area contributed by atoms with Gasteiger partial charge in [0.05, 0.1) is 25.2 Å². The highest BCUT2D eigenvalue weighted by molar-refractivity contribution is 5.04. The average Bonchev–Trinajstić information content (AvgIpc) is 2.24. The molecule has 0 rings (SSSR count). The molecule has 2 unspecified atom stereocenters. The molecule has 6 heteroatoms. The molecule has 3 nitrogen and oxygen atoms in total. The summed E-state index contributed by atoms with van der Waals surface area (Å²) >= 11 is 0. The summed E-state index contributed by atoms with van der Waals surface area (Å²) in [5.41, 5.74) is -0.756. The number of hydrogen-bond donors (Lipinski definition) is 1. The summed E-state index contributed by atoms with van der Waals surface area (Å²) in [6, 6.07) is 2.14. The molecule has 1 N–H and O–H groups in total. The monoisotopic (exact) mass is 266 g/mol. The first-order chi connectivity index (χ1) is 8.22. The van der Waals surface area contributed by atoms with Gasteiger partial charge in [0, 0.05) is 6.42 Å². The fourth-order valence-corrected chi connectivity index (χ4v) is 1.57. The van der Waals surface area contributed by atoms with Crippen molar-refractivity contribution >= 4 is 0 Å². The Morgan fingerprint density at radius 1 is 1.39 bits per heavy atom. The second kappa shape index (κ2) is 7.59. The standard InChI is InChI=1S/C12H21F3N2O/c1-4-6-17-11(3,9-16)8-10(2)18-7-5-12(13,14)15/h10,17H,4-8H2,1-3H3.